The molecule has 1 atom stereocenters. The minimum Gasteiger partial charge on any atom is -0.494 e. The lowest BCUT2D eigenvalue weighted by atomic mass is 10.1. The number of rotatable bonds is 5. The minimum atomic E-state index is 0.148. The third-order valence-electron chi connectivity index (χ3n) is 4.09. The lowest BCUT2D eigenvalue weighted by molar-refractivity contribution is -0.132. The van der Waals surface area contributed by atoms with Crippen LogP contribution in [-0.4, -0.2) is 36.5 Å². The van der Waals surface area contributed by atoms with Crippen molar-refractivity contribution in [1.82, 2.24) is 4.90 Å². The zero-order chi connectivity index (χ0) is 15.2. The second-order valence-electron chi connectivity index (χ2n) is 5.94. The van der Waals surface area contributed by atoms with Gasteiger partial charge in [-0.15, -0.1) is 0 Å². The molecular weight excluding hydrogens is 264 g/mol. The molecule has 1 saturated heterocycles. The van der Waals surface area contributed by atoms with Crippen LogP contribution >= 0.6 is 0 Å². The van der Waals surface area contributed by atoms with E-state index in [1.54, 1.807) is 0 Å². The van der Waals surface area contributed by atoms with Gasteiger partial charge in [0.2, 0.25) is 5.91 Å². The highest BCUT2D eigenvalue weighted by molar-refractivity contribution is 5.76. The Morgan fingerprint density at radius 3 is 2.90 bits per heavy atom. The molecule has 0 saturated carbocycles. The Kier molecular flexibility index (Phi) is 5.62. The highest BCUT2D eigenvalue weighted by Gasteiger charge is 2.20. The molecule has 1 amide bonds. The number of carbonyl (C=O) groups excluding carboxylic acids is 1. The van der Waals surface area contributed by atoms with Crippen LogP contribution in [0.25, 0.3) is 0 Å². The van der Waals surface area contributed by atoms with Crippen LogP contribution in [0.5, 0.6) is 5.75 Å². The van der Waals surface area contributed by atoms with E-state index in [-0.39, 0.29) is 11.9 Å². The fraction of sp³-hybridized carbons (Fsp3) is 0.588. The van der Waals surface area contributed by atoms with Gasteiger partial charge in [-0.05, 0) is 56.4 Å². The van der Waals surface area contributed by atoms with Crippen LogP contribution < -0.4 is 10.5 Å². The maximum absolute atomic E-state index is 12.1. The summed E-state index contributed by atoms with van der Waals surface area (Å²) in [5.74, 6) is 1.08. The molecule has 0 radical (unpaired) electrons. The SMILES string of the molecule is Cc1ccc(OCCCC(=O)N2CCCC(N)C2)cc1C. The van der Waals surface area contributed by atoms with Crippen molar-refractivity contribution >= 4 is 5.91 Å². The number of carbonyl (C=O) groups is 1. The zero-order valence-electron chi connectivity index (χ0n) is 13.1. The molecule has 2 N–H and O–H groups in total. The Morgan fingerprint density at radius 2 is 2.19 bits per heavy atom. The van der Waals surface area contributed by atoms with Crippen LogP contribution in [0.1, 0.15) is 36.8 Å². The number of ether oxygens (including phenoxy) is 1. The van der Waals surface area contributed by atoms with E-state index in [4.69, 9.17) is 10.5 Å². The van der Waals surface area contributed by atoms with Gasteiger partial charge in [0, 0.05) is 25.6 Å². The Morgan fingerprint density at radius 1 is 1.38 bits per heavy atom. The molecule has 1 unspecified atom stereocenters. The lowest BCUT2D eigenvalue weighted by Crippen LogP contribution is -2.45. The first-order valence-corrected chi connectivity index (χ1v) is 7.79. The molecule has 0 bridgehead atoms. The van der Waals surface area contributed by atoms with Crippen molar-refractivity contribution in [2.75, 3.05) is 19.7 Å². The maximum Gasteiger partial charge on any atom is 0.222 e. The maximum atomic E-state index is 12.1. The molecule has 1 aliphatic heterocycles. The van der Waals surface area contributed by atoms with Gasteiger partial charge in [-0.25, -0.2) is 0 Å². The van der Waals surface area contributed by atoms with E-state index < -0.39 is 0 Å². The monoisotopic (exact) mass is 290 g/mol. The van der Waals surface area contributed by atoms with E-state index in [1.165, 1.54) is 11.1 Å². The Labute approximate surface area is 127 Å². The van der Waals surface area contributed by atoms with E-state index in [1.807, 2.05) is 17.0 Å². The van der Waals surface area contributed by atoms with E-state index in [2.05, 4.69) is 19.9 Å². The van der Waals surface area contributed by atoms with Crippen molar-refractivity contribution in [2.45, 2.75) is 45.6 Å². The molecule has 116 valence electrons. The van der Waals surface area contributed by atoms with Gasteiger partial charge in [0.15, 0.2) is 0 Å². The molecule has 0 aliphatic carbocycles. The number of piperidine rings is 1. The van der Waals surface area contributed by atoms with Crippen molar-refractivity contribution in [3.8, 4) is 5.75 Å². The normalized spacial score (nSPS) is 18.6. The molecule has 2 rings (SSSR count). The van der Waals surface area contributed by atoms with Gasteiger partial charge >= 0.3 is 0 Å². The van der Waals surface area contributed by atoms with Crippen LogP contribution in [0, 0.1) is 13.8 Å². The average Bonchev–Trinajstić information content (AvgIpc) is 2.47. The summed E-state index contributed by atoms with van der Waals surface area (Å²) in [6.45, 7) is 6.29. The van der Waals surface area contributed by atoms with Gasteiger partial charge in [-0.3, -0.25) is 4.79 Å². The molecule has 1 aromatic carbocycles. The third-order valence-corrected chi connectivity index (χ3v) is 4.09. The molecule has 4 heteroatoms. The Hall–Kier alpha value is -1.55. The number of aryl methyl sites for hydroxylation is 2. The number of benzene rings is 1. The molecule has 1 aliphatic rings. The summed E-state index contributed by atoms with van der Waals surface area (Å²) in [5.41, 5.74) is 8.39. The molecule has 1 heterocycles. The van der Waals surface area contributed by atoms with Crippen LogP contribution in [-0.2, 0) is 4.79 Å². The van der Waals surface area contributed by atoms with E-state index in [9.17, 15) is 4.79 Å². The minimum absolute atomic E-state index is 0.148. The van der Waals surface area contributed by atoms with Crippen LogP contribution in [0.2, 0.25) is 0 Å². The molecule has 0 aromatic heterocycles. The van der Waals surface area contributed by atoms with Gasteiger partial charge in [-0.2, -0.15) is 0 Å². The summed E-state index contributed by atoms with van der Waals surface area (Å²) in [6.07, 6.45) is 3.33. The summed E-state index contributed by atoms with van der Waals surface area (Å²) < 4.78 is 5.71. The molecule has 1 aromatic rings. The van der Waals surface area contributed by atoms with Crippen molar-refractivity contribution < 1.29 is 9.53 Å². The predicted molar refractivity (Wildman–Crippen MR) is 84.4 cm³/mol. The second kappa shape index (κ2) is 7.46. The van der Waals surface area contributed by atoms with E-state index >= 15 is 0 Å². The molecule has 0 spiro atoms. The summed E-state index contributed by atoms with van der Waals surface area (Å²) in [6, 6.07) is 6.23. The smallest absolute Gasteiger partial charge is 0.222 e. The first-order chi connectivity index (χ1) is 10.1. The quantitative estimate of drug-likeness (QED) is 0.847. The van der Waals surface area contributed by atoms with Crippen molar-refractivity contribution in [2.24, 2.45) is 5.73 Å². The van der Waals surface area contributed by atoms with Crippen molar-refractivity contribution in [1.29, 1.82) is 0 Å². The Bertz CT molecular complexity index is 488. The number of hydrogen-bond donors (Lipinski definition) is 1. The first kappa shape index (κ1) is 15.8. The molecule has 1 fully saturated rings. The predicted octanol–water partition coefficient (Wildman–Crippen LogP) is 2.41. The van der Waals surface area contributed by atoms with Gasteiger partial charge < -0.3 is 15.4 Å². The van der Waals surface area contributed by atoms with E-state index in [0.717, 1.165) is 31.6 Å². The molecule has 21 heavy (non-hydrogen) atoms. The molecular formula is C17H26N2O2. The summed E-state index contributed by atoms with van der Waals surface area (Å²) in [5, 5.41) is 0. The van der Waals surface area contributed by atoms with Gasteiger partial charge in [-0.1, -0.05) is 6.07 Å². The van der Waals surface area contributed by atoms with Gasteiger partial charge in [0.1, 0.15) is 5.75 Å². The summed E-state index contributed by atoms with van der Waals surface area (Å²) in [7, 11) is 0. The number of amides is 1. The van der Waals surface area contributed by atoms with E-state index in [0.29, 0.717) is 19.6 Å². The second-order valence-corrected chi connectivity index (χ2v) is 5.94. The average molecular weight is 290 g/mol. The first-order valence-electron chi connectivity index (χ1n) is 7.79. The summed E-state index contributed by atoms with van der Waals surface area (Å²) >= 11 is 0. The van der Waals surface area contributed by atoms with Crippen LogP contribution in [0.3, 0.4) is 0 Å². The zero-order valence-corrected chi connectivity index (χ0v) is 13.1. The fourth-order valence-corrected chi connectivity index (χ4v) is 2.61. The van der Waals surface area contributed by atoms with Crippen molar-refractivity contribution in [3.05, 3.63) is 29.3 Å². The number of likely N-dealkylation sites (tertiary alicyclic amines) is 1. The lowest BCUT2D eigenvalue weighted by Gasteiger charge is -2.30. The number of nitrogens with zero attached hydrogens (tertiary/aromatic N) is 1. The number of nitrogens with two attached hydrogens (primary N) is 1. The van der Waals surface area contributed by atoms with Gasteiger partial charge in [0.25, 0.3) is 0 Å². The third kappa shape index (κ3) is 4.74. The van der Waals surface area contributed by atoms with Gasteiger partial charge in [0.05, 0.1) is 6.61 Å². The highest BCUT2D eigenvalue weighted by Crippen LogP contribution is 2.17. The number of hydrogen-bond acceptors (Lipinski definition) is 3. The van der Waals surface area contributed by atoms with Crippen LogP contribution in [0.15, 0.2) is 18.2 Å². The standard InChI is InChI=1S/C17H26N2O2/c1-13-7-8-16(11-14(13)2)21-10-4-6-17(20)19-9-3-5-15(18)12-19/h7-8,11,15H,3-6,9-10,12,18H2,1-2H3. The topological polar surface area (TPSA) is 55.6 Å². The largest absolute Gasteiger partial charge is 0.494 e. The van der Waals surface area contributed by atoms with Crippen LogP contribution in [0.4, 0.5) is 0 Å². The fourth-order valence-electron chi connectivity index (χ4n) is 2.61. The van der Waals surface area contributed by atoms with Crippen molar-refractivity contribution in [3.63, 3.8) is 0 Å². The summed E-state index contributed by atoms with van der Waals surface area (Å²) in [4.78, 5) is 14.0. The molecule has 4 nitrogen and oxygen atoms in total. The Balaban J connectivity index is 1.69. The highest BCUT2D eigenvalue weighted by atomic mass is 16.5.